The minimum atomic E-state index is -0.178. The quantitative estimate of drug-likeness (QED) is 0.798. The summed E-state index contributed by atoms with van der Waals surface area (Å²) in [4.78, 5) is 13.5. The Balaban J connectivity index is 2.37. The van der Waals surface area contributed by atoms with Crippen molar-refractivity contribution in [2.75, 3.05) is 26.2 Å². The number of nitrogens with one attached hydrogen (secondary N) is 1. The van der Waals surface area contributed by atoms with Gasteiger partial charge in [-0.05, 0) is 52.6 Å². The summed E-state index contributed by atoms with van der Waals surface area (Å²) >= 11 is 0. The van der Waals surface area contributed by atoms with E-state index in [9.17, 15) is 4.79 Å². The molecule has 4 nitrogen and oxygen atoms in total. The maximum absolute atomic E-state index is 11.7. The molecular formula is C12H24N2O2. The third-order valence-electron chi connectivity index (χ3n) is 2.85. The van der Waals surface area contributed by atoms with Gasteiger partial charge in [-0.1, -0.05) is 0 Å². The summed E-state index contributed by atoms with van der Waals surface area (Å²) in [5.74, 6) is 0.577. The monoisotopic (exact) mass is 228 g/mol. The van der Waals surface area contributed by atoms with E-state index in [0.717, 1.165) is 26.2 Å². The number of nitrogens with zero attached hydrogens (tertiary/aromatic N) is 1. The molecule has 16 heavy (non-hydrogen) atoms. The Morgan fingerprint density at radius 3 is 2.81 bits per heavy atom. The number of hydrogen-bond acceptors (Lipinski definition) is 3. The predicted octanol–water partition coefficient (Wildman–Crippen LogP) is 1.85. The Morgan fingerprint density at radius 2 is 2.31 bits per heavy atom. The number of rotatable bonds is 4. The van der Waals surface area contributed by atoms with E-state index in [1.165, 1.54) is 12.8 Å². The summed E-state index contributed by atoms with van der Waals surface area (Å²) in [6.07, 6.45) is 2.20. The Kier molecular flexibility index (Phi) is 5.60. The lowest BCUT2D eigenvalue weighted by atomic mass is 9.99. The molecule has 0 spiro atoms. The van der Waals surface area contributed by atoms with E-state index in [2.05, 4.69) is 5.32 Å². The molecule has 94 valence electrons. The van der Waals surface area contributed by atoms with Crippen molar-refractivity contribution >= 4 is 6.09 Å². The van der Waals surface area contributed by atoms with Gasteiger partial charge in [0.25, 0.3) is 0 Å². The molecule has 0 aromatic rings. The van der Waals surface area contributed by atoms with Crippen LogP contribution >= 0.6 is 0 Å². The van der Waals surface area contributed by atoms with Crippen LogP contribution in [0.1, 0.15) is 33.6 Å². The fraction of sp³-hybridized carbons (Fsp3) is 0.917. The molecule has 1 amide bonds. The van der Waals surface area contributed by atoms with E-state index in [1.807, 2.05) is 20.8 Å². The fourth-order valence-electron chi connectivity index (χ4n) is 2.00. The normalized spacial score (nSPS) is 20.9. The van der Waals surface area contributed by atoms with Gasteiger partial charge in [0.2, 0.25) is 0 Å². The number of carbonyl (C=O) groups is 1. The largest absolute Gasteiger partial charge is 0.447 e. The average molecular weight is 228 g/mol. The van der Waals surface area contributed by atoms with Crippen molar-refractivity contribution in [1.82, 2.24) is 10.2 Å². The minimum Gasteiger partial charge on any atom is -0.447 e. The van der Waals surface area contributed by atoms with Gasteiger partial charge in [-0.2, -0.15) is 0 Å². The molecule has 0 bridgehead atoms. The van der Waals surface area contributed by atoms with Gasteiger partial charge in [-0.3, -0.25) is 0 Å². The van der Waals surface area contributed by atoms with E-state index in [4.69, 9.17) is 4.74 Å². The van der Waals surface area contributed by atoms with Gasteiger partial charge in [-0.15, -0.1) is 0 Å². The number of piperidine rings is 1. The molecule has 1 fully saturated rings. The van der Waals surface area contributed by atoms with Crippen molar-refractivity contribution < 1.29 is 9.53 Å². The lowest BCUT2D eigenvalue weighted by molar-refractivity contribution is 0.0720. The second-order valence-electron chi connectivity index (χ2n) is 4.68. The summed E-state index contributed by atoms with van der Waals surface area (Å²) in [5.41, 5.74) is 0. The van der Waals surface area contributed by atoms with E-state index in [-0.39, 0.29) is 12.2 Å². The summed E-state index contributed by atoms with van der Waals surface area (Å²) in [6, 6.07) is 0. The zero-order valence-corrected chi connectivity index (χ0v) is 10.7. The lowest BCUT2D eigenvalue weighted by Gasteiger charge is -2.29. The van der Waals surface area contributed by atoms with Gasteiger partial charge >= 0.3 is 6.09 Å². The molecule has 1 heterocycles. The number of ether oxygens (including phenoxy) is 1. The highest BCUT2D eigenvalue weighted by Crippen LogP contribution is 2.12. The van der Waals surface area contributed by atoms with E-state index >= 15 is 0 Å². The first-order chi connectivity index (χ1) is 7.63. The molecule has 0 radical (unpaired) electrons. The van der Waals surface area contributed by atoms with Crippen LogP contribution in [0.2, 0.25) is 0 Å². The van der Waals surface area contributed by atoms with Gasteiger partial charge in [-0.25, -0.2) is 4.79 Å². The highest BCUT2D eigenvalue weighted by molar-refractivity contribution is 5.67. The Bertz CT molecular complexity index is 213. The molecule has 0 aliphatic carbocycles. The van der Waals surface area contributed by atoms with E-state index < -0.39 is 0 Å². The Labute approximate surface area is 98.3 Å². The van der Waals surface area contributed by atoms with Crippen molar-refractivity contribution in [3.05, 3.63) is 0 Å². The fourth-order valence-corrected chi connectivity index (χ4v) is 2.00. The van der Waals surface area contributed by atoms with Crippen molar-refractivity contribution in [1.29, 1.82) is 0 Å². The molecule has 1 N–H and O–H groups in total. The molecule has 1 aliphatic heterocycles. The number of hydrogen-bond donors (Lipinski definition) is 1. The smallest absolute Gasteiger partial charge is 0.410 e. The van der Waals surface area contributed by atoms with Crippen LogP contribution in [0, 0.1) is 5.92 Å². The minimum absolute atomic E-state index is 0.0361. The molecule has 1 unspecified atom stereocenters. The first-order valence-electron chi connectivity index (χ1n) is 6.29. The van der Waals surface area contributed by atoms with E-state index in [0.29, 0.717) is 5.92 Å². The number of carbonyl (C=O) groups excluding carboxylic acids is 1. The van der Waals surface area contributed by atoms with Gasteiger partial charge < -0.3 is 15.0 Å². The Hall–Kier alpha value is -0.770. The highest BCUT2D eigenvalue weighted by atomic mass is 16.6. The van der Waals surface area contributed by atoms with Gasteiger partial charge in [0.15, 0.2) is 0 Å². The average Bonchev–Trinajstić information content (AvgIpc) is 2.26. The summed E-state index contributed by atoms with van der Waals surface area (Å²) in [7, 11) is 0. The molecule has 0 aromatic heterocycles. The van der Waals surface area contributed by atoms with Gasteiger partial charge in [0, 0.05) is 13.1 Å². The summed E-state index contributed by atoms with van der Waals surface area (Å²) in [5, 5.41) is 3.37. The first-order valence-corrected chi connectivity index (χ1v) is 6.29. The Morgan fingerprint density at radius 1 is 1.56 bits per heavy atom. The van der Waals surface area contributed by atoms with Crippen molar-refractivity contribution in [3.8, 4) is 0 Å². The maximum atomic E-state index is 11.7. The van der Waals surface area contributed by atoms with Crippen LogP contribution in [0.25, 0.3) is 0 Å². The third kappa shape index (κ3) is 4.39. The van der Waals surface area contributed by atoms with Crippen LogP contribution in [0.3, 0.4) is 0 Å². The van der Waals surface area contributed by atoms with Crippen LogP contribution in [0.5, 0.6) is 0 Å². The van der Waals surface area contributed by atoms with Crippen LogP contribution in [0.4, 0.5) is 4.79 Å². The molecule has 4 heteroatoms. The summed E-state index contributed by atoms with van der Waals surface area (Å²) in [6.45, 7) is 9.43. The number of amides is 1. The second-order valence-corrected chi connectivity index (χ2v) is 4.68. The predicted molar refractivity (Wildman–Crippen MR) is 64.5 cm³/mol. The SMILES string of the molecule is CCN(CC1CCCNC1)C(=O)OC(C)C. The van der Waals surface area contributed by atoms with Crippen LogP contribution < -0.4 is 5.32 Å². The van der Waals surface area contributed by atoms with Crippen molar-refractivity contribution in [3.63, 3.8) is 0 Å². The molecule has 1 saturated heterocycles. The van der Waals surface area contributed by atoms with Crippen molar-refractivity contribution in [2.45, 2.75) is 39.7 Å². The topological polar surface area (TPSA) is 41.6 Å². The summed E-state index contributed by atoms with van der Waals surface area (Å²) < 4.78 is 5.21. The molecule has 0 saturated carbocycles. The molecule has 1 atom stereocenters. The van der Waals surface area contributed by atoms with Crippen LogP contribution in [-0.2, 0) is 4.74 Å². The third-order valence-corrected chi connectivity index (χ3v) is 2.85. The molecule has 1 aliphatic rings. The van der Waals surface area contributed by atoms with Gasteiger partial charge in [0.1, 0.15) is 0 Å². The standard InChI is InChI=1S/C12H24N2O2/c1-4-14(12(15)16-10(2)3)9-11-6-5-7-13-8-11/h10-11,13H,4-9H2,1-3H3. The zero-order chi connectivity index (χ0) is 12.0. The van der Waals surface area contributed by atoms with Gasteiger partial charge in [0.05, 0.1) is 6.10 Å². The highest BCUT2D eigenvalue weighted by Gasteiger charge is 2.20. The lowest BCUT2D eigenvalue weighted by Crippen LogP contribution is -2.41. The maximum Gasteiger partial charge on any atom is 0.410 e. The molecular weight excluding hydrogens is 204 g/mol. The van der Waals surface area contributed by atoms with Crippen molar-refractivity contribution in [2.24, 2.45) is 5.92 Å². The van der Waals surface area contributed by atoms with Crippen LogP contribution in [-0.4, -0.2) is 43.3 Å². The first kappa shape index (κ1) is 13.3. The van der Waals surface area contributed by atoms with Crippen LogP contribution in [0.15, 0.2) is 0 Å². The zero-order valence-electron chi connectivity index (χ0n) is 10.7. The second kappa shape index (κ2) is 6.74. The van der Waals surface area contributed by atoms with E-state index in [1.54, 1.807) is 4.90 Å². The molecule has 0 aromatic carbocycles. The molecule has 1 rings (SSSR count).